The van der Waals surface area contributed by atoms with Crippen LogP contribution in [0.1, 0.15) is 20.3 Å². The normalized spacial score (nSPS) is 26.4. The Balaban J connectivity index is 2.53. The molecule has 1 N–H and O–H groups in total. The molecular formula is C7H14N2O. The molecular weight excluding hydrogens is 128 g/mol. The van der Waals surface area contributed by atoms with Crippen molar-refractivity contribution in [1.29, 1.82) is 0 Å². The molecule has 3 nitrogen and oxygen atoms in total. The minimum absolute atomic E-state index is 0.0845. The number of carbonyl (C=O) groups excluding carboxylic acids is 1. The summed E-state index contributed by atoms with van der Waals surface area (Å²) in [5.74, 6) is 0. The predicted molar refractivity (Wildman–Crippen MR) is 39.9 cm³/mol. The minimum Gasteiger partial charge on any atom is -0.338 e. The number of carbonyl (C=O) groups is 1. The molecule has 0 aliphatic carbocycles. The second-order valence-corrected chi connectivity index (χ2v) is 2.66. The molecule has 0 bridgehead atoms. The number of hydrogen-bond acceptors (Lipinski definition) is 1. The zero-order chi connectivity index (χ0) is 7.56. The Hall–Kier alpha value is -0.730. The van der Waals surface area contributed by atoms with Crippen molar-refractivity contribution in [2.75, 3.05) is 13.1 Å². The molecule has 1 saturated heterocycles. The lowest BCUT2D eigenvalue weighted by atomic mass is 10.2. The van der Waals surface area contributed by atoms with E-state index in [2.05, 4.69) is 12.2 Å². The highest BCUT2D eigenvalue weighted by molar-refractivity contribution is 5.75. The average molecular weight is 142 g/mol. The summed E-state index contributed by atoms with van der Waals surface area (Å²) in [5, 5.41) is 2.80. The van der Waals surface area contributed by atoms with Crippen LogP contribution in [-0.2, 0) is 0 Å². The smallest absolute Gasteiger partial charge is 0.317 e. The fourth-order valence-electron chi connectivity index (χ4n) is 1.30. The predicted octanol–water partition coefficient (Wildman–Crippen LogP) is 0.810. The molecule has 0 aromatic carbocycles. The van der Waals surface area contributed by atoms with Crippen molar-refractivity contribution in [3.63, 3.8) is 0 Å². The molecule has 2 amide bonds. The maximum atomic E-state index is 11.1. The van der Waals surface area contributed by atoms with E-state index >= 15 is 0 Å². The minimum atomic E-state index is 0.0845. The molecule has 1 unspecified atom stereocenters. The first-order chi connectivity index (χ1) is 4.75. The maximum Gasteiger partial charge on any atom is 0.317 e. The Labute approximate surface area is 61.4 Å². The van der Waals surface area contributed by atoms with Gasteiger partial charge in [0.15, 0.2) is 0 Å². The number of rotatable bonds is 1. The van der Waals surface area contributed by atoms with Crippen LogP contribution in [0.3, 0.4) is 0 Å². The lowest BCUT2D eigenvalue weighted by Crippen LogP contribution is -2.50. The highest BCUT2D eigenvalue weighted by atomic mass is 16.2. The van der Waals surface area contributed by atoms with E-state index in [1.54, 1.807) is 0 Å². The lowest BCUT2D eigenvalue weighted by molar-refractivity contribution is 0.164. The van der Waals surface area contributed by atoms with E-state index in [0.717, 1.165) is 19.5 Å². The van der Waals surface area contributed by atoms with Gasteiger partial charge in [-0.1, -0.05) is 0 Å². The third-order valence-electron chi connectivity index (χ3n) is 1.97. The summed E-state index contributed by atoms with van der Waals surface area (Å²) < 4.78 is 0. The zero-order valence-electron chi connectivity index (χ0n) is 6.55. The van der Waals surface area contributed by atoms with Crippen molar-refractivity contribution in [3.05, 3.63) is 0 Å². The van der Waals surface area contributed by atoms with Gasteiger partial charge in [0.05, 0.1) is 0 Å². The van der Waals surface area contributed by atoms with Gasteiger partial charge < -0.3 is 10.2 Å². The Kier molecular flexibility index (Phi) is 2.14. The molecule has 0 aromatic rings. The molecule has 0 saturated carbocycles. The standard InChI is InChI=1S/C7H14N2O/c1-3-9-6(2)4-5-8-7(9)10/h6H,3-5H2,1-2H3,(H,8,10). The monoisotopic (exact) mass is 142 g/mol. The van der Waals surface area contributed by atoms with Crippen molar-refractivity contribution in [2.24, 2.45) is 0 Å². The largest absolute Gasteiger partial charge is 0.338 e. The molecule has 58 valence electrons. The van der Waals surface area contributed by atoms with Gasteiger partial charge in [-0.2, -0.15) is 0 Å². The topological polar surface area (TPSA) is 32.3 Å². The van der Waals surface area contributed by atoms with E-state index in [1.165, 1.54) is 0 Å². The van der Waals surface area contributed by atoms with Gasteiger partial charge in [0.1, 0.15) is 0 Å². The Morgan fingerprint density at radius 1 is 1.80 bits per heavy atom. The third-order valence-corrected chi connectivity index (χ3v) is 1.97. The second kappa shape index (κ2) is 2.90. The summed E-state index contributed by atoms with van der Waals surface area (Å²) in [6.45, 7) is 5.73. The third kappa shape index (κ3) is 1.23. The van der Waals surface area contributed by atoms with E-state index < -0.39 is 0 Å². The van der Waals surface area contributed by atoms with Crippen LogP contribution >= 0.6 is 0 Å². The van der Waals surface area contributed by atoms with Gasteiger partial charge >= 0.3 is 6.03 Å². The molecule has 1 atom stereocenters. The van der Waals surface area contributed by atoms with Gasteiger partial charge in [-0.25, -0.2) is 4.79 Å². The molecule has 0 radical (unpaired) electrons. The number of nitrogens with one attached hydrogen (secondary N) is 1. The second-order valence-electron chi connectivity index (χ2n) is 2.66. The number of urea groups is 1. The van der Waals surface area contributed by atoms with Gasteiger partial charge in [-0.05, 0) is 20.3 Å². The van der Waals surface area contributed by atoms with Crippen molar-refractivity contribution in [3.8, 4) is 0 Å². The average Bonchev–Trinajstić information content (AvgIpc) is 1.88. The van der Waals surface area contributed by atoms with Crippen molar-refractivity contribution in [2.45, 2.75) is 26.3 Å². The first-order valence-electron chi connectivity index (χ1n) is 3.80. The quantitative estimate of drug-likeness (QED) is 0.577. The Morgan fingerprint density at radius 3 is 2.90 bits per heavy atom. The molecule has 10 heavy (non-hydrogen) atoms. The van der Waals surface area contributed by atoms with Crippen LogP contribution in [-0.4, -0.2) is 30.1 Å². The fourth-order valence-corrected chi connectivity index (χ4v) is 1.30. The summed E-state index contributed by atoms with van der Waals surface area (Å²) >= 11 is 0. The number of amides is 2. The summed E-state index contributed by atoms with van der Waals surface area (Å²) in [4.78, 5) is 12.9. The van der Waals surface area contributed by atoms with E-state index in [0.29, 0.717) is 6.04 Å². The highest BCUT2D eigenvalue weighted by Gasteiger charge is 2.21. The summed E-state index contributed by atoms with van der Waals surface area (Å²) in [6.07, 6.45) is 1.07. The highest BCUT2D eigenvalue weighted by Crippen LogP contribution is 2.07. The fraction of sp³-hybridized carbons (Fsp3) is 0.857. The lowest BCUT2D eigenvalue weighted by Gasteiger charge is -2.32. The van der Waals surface area contributed by atoms with Crippen molar-refractivity contribution < 1.29 is 4.79 Å². The van der Waals surface area contributed by atoms with Crippen LogP contribution in [0.15, 0.2) is 0 Å². The van der Waals surface area contributed by atoms with Crippen LogP contribution in [0, 0.1) is 0 Å². The molecule has 0 aromatic heterocycles. The van der Waals surface area contributed by atoms with Crippen molar-refractivity contribution >= 4 is 6.03 Å². The van der Waals surface area contributed by atoms with Gasteiger partial charge in [0.25, 0.3) is 0 Å². The van der Waals surface area contributed by atoms with Crippen LogP contribution in [0.5, 0.6) is 0 Å². The number of hydrogen-bond donors (Lipinski definition) is 1. The van der Waals surface area contributed by atoms with Gasteiger partial charge in [-0.15, -0.1) is 0 Å². The first kappa shape index (κ1) is 7.38. The number of nitrogens with zero attached hydrogens (tertiary/aromatic N) is 1. The van der Waals surface area contributed by atoms with Crippen LogP contribution in [0.25, 0.3) is 0 Å². The molecule has 1 aliphatic heterocycles. The Morgan fingerprint density at radius 2 is 2.50 bits per heavy atom. The van der Waals surface area contributed by atoms with Crippen molar-refractivity contribution in [1.82, 2.24) is 10.2 Å². The van der Waals surface area contributed by atoms with Gasteiger partial charge in [0.2, 0.25) is 0 Å². The molecule has 1 aliphatic rings. The summed E-state index contributed by atoms with van der Waals surface area (Å²) in [5.41, 5.74) is 0. The molecule has 0 spiro atoms. The van der Waals surface area contributed by atoms with Gasteiger partial charge in [-0.3, -0.25) is 0 Å². The van der Waals surface area contributed by atoms with E-state index in [4.69, 9.17) is 0 Å². The molecule has 1 heterocycles. The van der Waals surface area contributed by atoms with Crippen LogP contribution in [0.2, 0.25) is 0 Å². The molecule has 3 heteroatoms. The molecule has 1 rings (SSSR count). The maximum absolute atomic E-state index is 11.1. The zero-order valence-corrected chi connectivity index (χ0v) is 6.55. The summed E-state index contributed by atoms with van der Waals surface area (Å²) in [7, 11) is 0. The van der Waals surface area contributed by atoms with Crippen LogP contribution < -0.4 is 5.32 Å². The van der Waals surface area contributed by atoms with E-state index in [-0.39, 0.29) is 6.03 Å². The first-order valence-corrected chi connectivity index (χ1v) is 3.80. The molecule has 1 fully saturated rings. The van der Waals surface area contributed by atoms with E-state index in [9.17, 15) is 4.79 Å². The van der Waals surface area contributed by atoms with Gasteiger partial charge in [0, 0.05) is 19.1 Å². The SMILES string of the molecule is CCN1C(=O)NCCC1C. The van der Waals surface area contributed by atoms with E-state index in [1.807, 2.05) is 11.8 Å². The van der Waals surface area contributed by atoms with Crippen LogP contribution in [0.4, 0.5) is 4.79 Å². The summed E-state index contributed by atoms with van der Waals surface area (Å²) in [6, 6.07) is 0.500. The Bertz CT molecular complexity index is 136.